The van der Waals surface area contributed by atoms with Gasteiger partial charge in [0.15, 0.2) is 5.78 Å². The number of hydrogen-bond donors (Lipinski definition) is 0. The van der Waals surface area contributed by atoms with Crippen LogP contribution in [0.25, 0.3) is 0 Å². The predicted octanol–water partition coefficient (Wildman–Crippen LogP) is 2.38. The number of hydrogen-bond acceptors (Lipinski definition) is 3. The molecule has 1 aromatic rings. The van der Waals surface area contributed by atoms with Crippen LogP contribution < -0.4 is 0 Å². The summed E-state index contributed by atoms with van der Waals surface area (Å²) in [6.45, 7) is 5.65. The maximum absolute atomic E-state index is 11.7. The van der Waals surface area contributed by atoms with Gasteiger partial charge in [-0.1, -0.05) is 43.8 Å². The van der Waals surface area contributed by atoms with Gasteiger partial charge in [0, 0.05) is 5.56 Å². The third-order valence-electron chi connectivity index (χ3n) is 1.99. The molecule has 0 heterocycles. The van der Waals surface area contributed by atoms with Crippen LogP contribution in [0.5, 0.6) is 0 Å². The molecule has 1 rings (SSSR count). The summed E-state index contributed by atoms with van der Waals surface area (Å²) in [4.78, 5) is 23.1. The van der Waals surface area contributed by atoms with E-state index in [0.29, 0.717) is 12.2 Å². The highest BCUT2D eigenvalue weighted by Gasteiger charge is 2.18. The highest BCUT2D eigenvalue weighted by Crippen LogP contribution is 2.08. The van der Waals surface area contributed by atoms with E-state index in [2.05, 4.69) is 6.58 Å². The third kappa shape index (κ3) is 3.05. The molecule has 0 fully saturated rings. The molecule has 0 aliphatic carbocycles. The average Bonchev–Trinajstić information content (AvgIpc) is 2.35. The Hall–Kier alpha value is -1.90. The van der Waals surface area contributed by atoms with E-state index >= 15 is 0 Å². The van der Waals surface area contributed by atoms with Crippen LogP contribution in [0.3, 0.4) is 0 Å². The zero-order valence-corrected chi connectivity index (χ0v) is 9.23. The van der Waals surface area contributed by atoms with Gasteiger partial charge in [-0.05, 0) is 6.42 Å². The topological polar surface area (TPSA) is 43.4 Å². The first-order valence-electron chi connectivity index (χ1n) is 5.12. The van der Waals surface area contributed by atoms with E-state index in [1.807, 2.05) is 6.92 Å². The van der Waals surface area contributed by atoms with Crippen LogP contribution in [0.15, 0.2) is 42.5 Å². The number of carbonyl (C=O) groups excluding carboxylic acids is 2. The van der Waals surface area contributed by atoms with Crippen molar-refractivity contribution in [3.05, 3.63) is 48.0 Å². The van der Waals surface area contributed by atoms with E-state index in [-0.39, 0.29) is 11.4 Å². The lowest BCUT2D eigenvalue weighted by atomic mass is 10.1. The Kier molecular flexibility index (Phi) is 4.45. The number of ether oxygens (including phenoxy) is 1. The molecule has 0 saturated heterocycles. The minimum absolute atomic E-state index is 0.125. The van der Waals surface area contributed by atoms with Crippen LogP contribution in [-0.4, -0.2) is 18.4 Å². The van der Waals surface area contributed by atoms with Crippen LogP contribution in [-0.2, 0) is 9.53 Å². The van der Waals surface area contributed by atoms with Crippen molar-refractivity contribution in [2.75, 3.05) is 6.61 Å². The van der Waals surface area contributed by atoms with Crippen molar-refractivity contribution in [3.63, 3.8) is 0 Å². The number of carbonyl (C=O) groups is 2. The lowest BCUT2D eigenvalue weighted by Gasteiger charge is -2.05. The molecule has 0 aliphatic heterocycles. The van der Waals surface area contributed by atoms with Gasteiger partial charge >= 0.3 is 5.97 Å². The van der Waals surface area contributed by atoms with E-state index in [0.717, 1.165) is 6.42 Å². The number of benzene rings is 1. The lowest BCUT2D eigenvalue weighted by molar-refractivity contribution is -0.138. The Morgan fingerprint density at radius 2 is 1.88 bits per heavy atom. The number of rotatable bonds is 5. The summed E-state index contributed by atoms with van der Waals surface area (Å²) in [5.74, 6) is -1.03. The fraction of sp³-hybridized carbons (Fsp3) is 0.231. The number of Topliss-reactive ketones (excluding diaryl/α,β-unsaturated/α-hetero) is 1. The summed E-state index contributed by atoms with van der Waals surface area (Å²) >= 11 is 0. The van der Waals surface area contributed by atoms with Crippen molar-refractivity contribution in [1.29, 1.82) is 0 Å². The van der Waals surface area contributed by atoms with E-state index in [1.165, 1.54) is 0 Å². The summed E-state index contributed by atoms with van der Waals surface area (Å²) in [6, 6.07) is 8.55. The van der Waals surface area contributed by atoms with Crippen LogP contribution in [0.4, 0.5) is 0 Å². The first-order valence-corrected chi connectivity index (χ1v) is 5.12. The Labute approximate surface area is 94.7 Å². The van der Waals surface area contributed by atoms with Crippen LogP contribution in [0.1, 0.15) is 23.7 Å². The van der Waals surface area contributed by atoms with E-state index in [4.69, 9.17) is 4.74 Å². The second-order valence-electron chi connectivity index (χ2n) is 3.31. The zero-order chi connectivity index (χ0) is 12.0. The molecule has 0 bridgehead atoms. The smallest absolute Gasteiger partial charge is 0.341 e. The molecule has 0 amide bonds. The Balaban J connectivity index is 2.68. The monoisotopic (exact) mass is 218 g/mol. The molecule has 0 unspecified atom stereocenters. The molecule has 0 aliphatic rings. The van der Waals surface area contributed by atoms with Crippen molar-refractivity contribution < 1.29 is 14.3 Å². The molecular formula is C13H14O3. The van der Waals surface area contributed by atoms with E-state index in [9.17, 15) is 9.59 Å². The van der Waals surface area contributed by atoms with Crippen LogP contribution in [0.2, 0.25) is 0 Å². The molecule has 1 aromatic carbocycles. The summed E-state index contributed by atoms with van der Waals surface area (Å²) < 4.78 is 4.84. The fourth-order valence-electron chi connectivity index (χ4n) is 1.14. The zero-order valence-electron chi connectivity index (χ0n) is 9.23. The SMILES string of the molecule is C=C(C(=O)OCCC)C(=O)c1ccccc1. The normalized spacial score (nSPS) is 9.56. The Bertz CT molecular complexity index is 393. The van der Waals surface area contributed by atoms with Gasteiger partial charge in [0.1, 0.15) is 5.57 Å². The maximum atomic E-state index is 11.7. The average molecular weight is 218 g/mol. The highest BCUT2D eigenvalue weighted by atomic mass is 16.5. The van der Waals surface area contributed by atoms with Gasteiger partial charge in [-0.25, -0.2) is 4.79 Å². The third-order valence-corrected chi connectivity index (χ3v) is 1.99. The molecule has 3 nitrogen and oxygen atoms in total. The molecule has 0 aromatic heterocycles. The van der Waals surface area contributed by atoms with Gasteiger partial charge in [-0.2, -0.15) is 0 Å². The molecule has 0 atom stereocenters. The van der Waals surface area contributed by atoms with Crippen LogP contribution in [0, 0.1) is 0 Å². The number of esters is 1. The first kappa shape index (κ1) is 12.2. The quantitative estimate of drug-likeness (QED) is 0.250. The van der Waals surface area contributed by atoms with Gasteiger partial charge in [0.2, 0.25) is 0 Å². The summed E-state index contributed by atoms with van der Waals surface area (Å²) in [6.07, 6.45) is 0.721. The van der Waals surface area contributed by atoms with Gasteiger partial charge in [0.05, 0.1) is 6.61 Å². The van der Waals surface area contributed by atoms with Gasteiger partial charge in [-0.15, -0.1) is 0 Å². The first-order chi connectivity index (χ1) is 7.66. The van der Waals surface area contributed by atoms with Crippen molar-refractivity contribution in [3.8, 4) is 0 Å². The Morgan fingerprint density at radius 1 is 1.25 bits per heavy atom. The lowest BCUT2D eigenvalue weighted by Crippen LogP contribution is -2.15. The summed E-state index contributed by atoms with van der Waals surface area (Å²) in [5, 5.41) is 0. The maximum Gasteiger partial charge on any atom is 0.341 e. The summed E-state index contributed by atoms with van der Waals surface area (Å²) in [7, 11) is 0. The fourth-order valence-corrected chi connectivity index (χ4v) is 1.14. The standard InChI is InChI=1S/C13H14O3/c1-3-9-16-13(15)10(2)12(14)11-7-5-4-6-8-11/h4-8H,2-3,9H2,1H3. The number of ketones is 1. The van der Waals surface area contributed by atoms with E-state index in [1.54, 1.807) is 30.3 Å². The highest BCUT2D eigenvalue weighted by molar-refractivity contribution is 6.23. The minimum atomic E-state index is -0.643. The van der Waals surface area contributed by atoms with Gasteiger partial charge < -0.3 is 4.74 Å². The largest absolute Gasteiger partial charge is 0.462 e. The summed E-state index contributed by atoms with van der Waals surface area (Å²) in [5.41, 5.74) is 0.320. The van der Waals surface area contributed by atoms with Crippen molar-refractivity contribution in [1.82, 2.24) is 0 Å². The van der Waals surface area contributed by atoms with Crippen molar-refractivity contribution in [2.45, 2.75) is 13.3 Å². The molecule has 16 heavy (non-hydrogen) atoms. The molecule has 3 heteroatoms. The Morgan fingerprint density at radius 3 is 2.44 bits per heavy atom. The second kappa shape index (κ2) is 5.85. The predicted molar refractivity (Wildman–Crippen MR) is 61.2 cm³/mol. The molecule has 0 radical (unpaired) electrons. The molecule has 0 N–H and O–H groups in total. The molecule has 0 spiro atoms. The molecule has 84 valence electrons. The van der Waals surface area contributed by atoms with E-state index < -0.39 is 5.97 Å². The minimum Gasteiger partial charge on any atom is -0.462 e. The van der Waals surface area contributed by atoms with Crippen molar-refractivity contribution >= 4 is 11.8 Å². The van der Waals surface area contributed by atoms with Gasteiger partial charge in [-0.3, -0.25) is 4.79 Å². The van der Waals surface area contributed by atoms with Crippen molar-refractivity contribution in [2.24, 2.45) is 0 Å². The molecule has 0 saturated carbocycles. The second-order valence-corrected chi connectivity index (χ2v) is 3.31. The van der Waals surface area contributed by atoms with Crippen LogP contribution >= 0.6 is 0 Å². The molecular weight excluding hydrogens is 204 g/mol. The van der Waals surface area contributed by atoms with Gasteiger partial charge in [0.25, 0.3) is 0 Å².